The highest BCUT2D eigenvalue weighted by molar-refractivity contribution is 7.98. The van der Waals surface area contributed by atoms with Crippen LogP contribution in [0.3, 0.4) is 0 Å². The molecular weight excluding hydrogens is 370 g/mol. The number of alkyl carbamates (subject to hydrolysis) is 1. The van der Waals surface area contributed by atoms with Gasteiger partial charge in [-0.1, -0.05) is 0 Å². The van der Waals surface area contributed by atoms with Gasteiger partial charge in [-0.25, -0.2) is 9.59 Å². The molecule has 0 spiro atoms. The van der Waals surface area contributed by atoms with Gasteiger partial charge in [0.05, 0.1) is 6.04 Å². The number of benzene rings is 1. The summed E-state index contributed by atoms with van der Waals surface area (Å²) in [5.74, 6) is -0.616. The average Bonchev–Trinajstić information content (AvgIpc) is 2.53. The number of amides is 1. The Morgan fingerprint density at radius 3 is 2.52 bits per heavy atom. The van der Waals surface area contributed by atoms with Gasteiger partial charge < -0.3 is 15.2 Å². The molecule has 2 heterocycles. The quantitative estimate of drug-likeness (QED) is 0.259. The van der Waals surface area contributed by atoms with E-state index in [0.717, 1.165) is 4.90 Å². The summed E-state index contributed by atoms with van der Waals surface area (Å²) in [6.07, 6.45) is 0.972. The number of nitrogens with one attached hydrogen (secondary N) is 2. The molecule has 3 rings (SSSR count). The van der Waals surface area contributed by atoms with Crippen LogP contribution in [0, 0.1) is 5.41 Å². The number of esters is 1. The van der Waals surface area contributed by atoms with Gasteiger partial charge in [0.1, 0.15) is 11.4 Å². The zero-order valence-corrected chi connectivity index (χ0v) is 16.6. The fourth-order valence-corrected chi connectivity index (χ4v) is 3.16. The molecule has 10 heteroatoms. The van der Waals surface area contributed by atoms with Crippen molar-refractivity contribution in [1.82, 2.24) is 5.32 Å². The second kappa shape index (κ2) is 7.75. The third-order valence-corrected chi connectivity index (χ3v) is 4.45. The summed E-state index contributed by atoms with van der Waals surface area (Å²) in [6.45, 7) is 5.10. The molecule has 1 aromatic carbocycles. The lowest BCUT2D eigenvalue weighted by Gasteiger charge is -2.44. The van der Waals surface area contributed by atoms with E-state index in [0.29, 0.717) is 17.2 Å². The van der Waals surface area contributed by atoms with E-state index in [1.807, 2.05) is 6.26 Å². The van der Waals surface area contributed by atoms with E-state index >= 15 is 0 Å². The zero-order valence-electron chi connectivity index (χ0n) is 15.7. The van der Waals surface area contributed by atoms with Gasteiger partial charge in [-0.15, -0.1) is 0 Å². The Morgan fingerprint density at radius 1 is 1.41 bits per heavy atom. The number of anilines is 1. The summed E-state index contributed by atoms with van der Waals surface area (Å²) < 4.78 is 10.5. The molecule has 0 aromatic heterocycles. The van der Waals surface area contributed by atoms with Gasteiger partial charge in [0.25, 0.3) is 0 Å². The number of guanidine groups is 1. The van der Waals surface area contributed by atoms with Crippen molar-refractivity contribution in [1.29, 1.82) is 5.41 Å². The lowest BCUT2D eigenvalue weighted by molar-refractivity contribution is -0.140. The molecule has 2 bridgehead atoms. The van der Waals surface area contributed by atoms with Gasteiger partial charge in [-0.05, 0) is 51.3 Å². The summed E-state index contributed by atoms with van der Waals surface area (Å²) in [5, 5.41) is 10.7. The SMILES string of the molecule is CSCC(N)C1(N)C(=O)Oc2ccc(cc2)N1C(=N)NC(=O)OC(C)(C)C. The maximum Gasteiger partial charge on any atom is 0.414 e. The van der Waals surface area contributed by atoms with Crippen molar-refractivity contribution in [2.24, 2.45) is 11.5 Å². The molecule has 0 saturated heterocycles. The Kier molecular flexibility index (Phi) is 6.03. The monoisotopic (exact) mass is 395 g/mol. The summed E-state index contributed by atoms with van der Waals surface area (Å²) in [6, 6.07) is 5.51. The van der Waals surface area contributed by atoms with Crippen molar-refractivity contribution in [2.75, 3.05) is 16.9 Å². The number of carbonyl (C=O) groups excluding carboxylic acids is 2. The maximum absolute atomic E-state index is 12.8. The third kappa shape index (κ3) is 4.52. The van der Waals surface area contributed by atoms with Gasteiger partial charge in [0.15, 0.2) is 0 Å². The van der Waals surface area contributed by atoms with Crippen molar-refractivity contribution in [2.45, 2.75) is 38.1 Å². The third-order valence-electron chi connectivity index (χ3n) is 3.76. The largest absolute Gasteiger partial charge is 0.444 e. The molecule has 2 aliphatic rings. The first kappa shape index (κ1) is 21.0. The van der Waals surface area contributed by atoms with Crippen LogP contribution in [0.4, 0.5) is 10.5 Å². The number of hydrogen-bond donors (Lipinski definition) is 4. The van der Waals surface area contributed by atoms with Crippen LogP contribution in [-0.4, -0.2) is 47.3 Å². The molecule has 0 fully saturated rings. The number of ether oxygens (including phenoxy) is 2. The first-order valence-electron chi connectivity index (χ1n) is 8.23. The molecular formula is C17H25N5O4S. The Morgan fingerprint density at radius 2 is 2.00 bits per heavy atom. The van der Waals surface area contributed by atoms with Crippen LogP contribution in [0.2, 0.25) is 0 Å². The first-order chi connectivity index (χ1) is 12.5. The van der Waals surface area contributed by atoms with E-state index in [9.17, 15) is 9.59 Å². The van der Waals surface area contributed by atoms with Crippen LogP contribution in [0.15, 0.2) is 24.3 Å². The van der Waals surface area contributed by atoms with E-state index in [1.165, 1.54) is 11.8 Å². The normalized spacial score (nSPS) is 20.4. The van der Waals surface area contributed by atoms with E-state index < -0.39 is 35.3 Å². The molecule has 2 aliphatic heterocycles. The minimum Gasteiger partial charge on any atom is -0.444 e. The summed E-state index contributed by atoms with van der Waals surface area (Å²) in [4.78, 5) is 26.1. The fourth-order valence-electron chi connectivity index (χ4n) is 2.55. The molecule has 2 unspecified atom stereocenters. The number of thioether (sulfide) groups is 1. The number of rotatable bonds is 3. The fraction of sp³-hybridized carbons (Fsp3) is 0.471. The van der Waals surface area contributed by atoms with Crippen molar-refractivity contribution in [3.8, 4) is 5.75 Å². The van der Waals surface area contributed by atoms with E-state index in [4.69, 9.17) is 26.4 Å². The molecule has 1 amide bonds. The van der Waals surface area contributed by atoms with Crippen LogP contribution >= 0.6 is 11.8 Å². The van der Waals surface area contributed by atoms with Crippen molar-refractivity contribution in [3.05, 3.63) is 24.3 Å². The number of carbonyl (C=O) groups is 2. The predicted molar refractivity (Wildman–Crippen MR) is 105 cm³/mol. The molecule has 6 N–H and O–H groups in total. The van der Waals surface area contributed by atoms with Gasteiger partial charge in [0, 0.05) is 11.4 Å². The van der Waals surface area contributed by atoms with Crippen molar-refractivity contribution in [3.63, 3.8) is 0 Å². The van der Waals surface area contributed by atoms with Crippen LogP contribution in [0.1, 0.15) is 20.8 Å². The number of nitrogens with two attached hydrogens (primary N) is 2. The molecule has 0 aliphatic carbocycles. The Hall–Kier alpha value is -2.30. The second-order valence-electron chi connectivity index (χ2n) is 7.08. The molecule has 9 nitrogen and oxygen atoms in total. The predicted octanol–water partition coefficient (Wildman–Crippen LogP) is 1.22. The van der Waals surface area contributed by atoms with Crippen molar-refractivity contribution >= 4 is 35.5 Å². The van der Waals surface area contributed by atoms with Gasteiger partial charge in [0.2, 0.25) is 11.6 Å². The highest BCUT2D eigenvalue weighted by atomic mass is 32.2. The van der Waals surface area contributed by atoms with Crippen LogP contribution in [0.5, 0.6) is 5.75 Å². The molecule has 148 valence electrons. The summed E-state index contributed by atoms with van der Waals surface area (Å²) in [7, 11) is 0. The van der Waals surface area contributed by atoms with Gasteiger partial charge in [-0.3, -0.25) is 21.4 Å². The Labute approximate surface area is 162 Å². The molecule has 2 atom stereocenters. The molecule has 0 radical (unpaired) electrons. The van der Waals surface area contributed by atoms with Crippen LogP contribution < -0.4 is 26.4 Å². The standard InChI is InChI=1S/C17H25N5O4S/c1-16(2,3)26-15(24)21-14(19)22-10-5-7-11(8-6-10)25-13(23)17(22,20)12(18)9-27-4/h5-8,12H,9,18,20H2,1-4H3,(H2,19,21,24). The van der Waals surface area contributed by atoms with E-state index in [-0.39, 0.29) is 0 Å². The van der Waals surface area contributed by atoms with Crippen LogP contribution in [-0.2, 0) is 9.53 Å². The van der Waals surface area contributed by atoms with Gasteiger partial charge >= 0.3 is 12.1 Å². The topological polar surface area (TPSA) is 144 Å². The smallest absolute Gasteiger partial charge is 0.414 e. The summed E-state index contributed by atoms with van der Waals surface area (Å²) in [5.41, 5.74) is 10.4. The number of fused-ring (bicyclic) bond motifs is 5. The Balaban J connectivity index is 2.44. The molecule has 0 saturated carbocycles. The minimum absolute atomic E-state index is 0.321. The zero-order chi connectivity index (χ0) is 20.4. The lowest BCUT2D eigenvalue weighted by Crippen LogP contribution is -2.76. The highest BCUT2D eigenvalue weighted by Gasteiger charge is 2.50. The minimum atomic E-state index is -1.90. The van der Waals surface area contributed by atoms with Crippen molar-refractivity contribution < 1.29 is 19.1 Å². The first-order valence-corrected chi connectivity index (χ1v) is 9.63. The number of hydrogen-bond acceptors (Lipinski definition) is 8. The maximum atomic E-state index is 12.8. The highest BCUT2D eigenvalue weighted by Crippen LogP contribution is 2.31. The lowest BCUT2D eigenvalue weighted by atomic mass is 9.99. The Bertz CT molecular complexity index is 734. The van der Waals surface area contributed by atoms with E-state index in [1.54, 1.807) is 45.0 Å². The van der Waals surface area contributed by atoms with Crippen LogP contribution in [0.25, 0.3) is 0 Å². The summed E-state index contributed by atoms with van der Waals surface area (Å²) >= 11 is 1.40. The second-order valence-corrected chi connectivity index (χ2v) is 7.99. The number of nitrogens with zero attached hydrogens (tertiary/aromatic N) is 1. The van der Waals surface area contributed by atoms with Gasteiger partial charge in [-0.2, -0.15) is 11.8 Å². The van der Waals surface area contributed by atoms with E-state index in [2.05, 4.69) is 5.32 Å². The molecule has 27 heavy (non-hydrogen) atoms. The molecule has 1 aromatic rings. The average molecular weight is 395 g/mol.